The van der Waals surface area contributed by atoms with E-state index in [1.165, 1.54) is 0 Å². The molecule has 0 bridgehead atoms. The minimum absolute atomic E-state index is 0.000306. The molecule has 0 saturated heterocycles. The highest BCUT2D eigenvalue weighted by molar-refractivity contribution is 5.95. The Labute approximate surface area is 178 Å². The fourth-order valence-electron chi connectivity index (χ4n) is 3.13. The van der Waals surface area contributed by atoms with E-state index in [1.54, 1.807) is 28.8 Å². The van der Waals surface area contributed by atoms with Crippen molar-refractivity contribution in [3.05, 3.63) is 51.9 Å². The average Bonchev–Trinajstić information content (AvgIpc) is 2.72. The maximum absolute atomic E-state index is 12.6. The first-order chi connectivity index (χ1) is 14.5. The van der Waals surface area contributed by atoms with Crippen molar-refractivity contribution < 1.29 is 19.0 Å². The van der Waals surface area contributed by atoms with Crippen molar-refractivity contribution >= 4 is 5.91 Å². The van der Waals surface area contributed by atoms with Crippen LogP contribution in [-0.2, 0) is 6.54 Å². The Morgan fingerprint density at radius 1 is 0.967 bits per heavy atom. The largest absolute Gasteiger partial charge is 0.490 e. The first-order valence-electron chi connectivity index (χ1n) is 10.5. The molecule has 7 heteroatoms. The van der Waals surface area contributed by atoms with E-state index < -0.39 is 0 Å². The summed E-state index contributed by atoms with van der Waals surface area (Å²) < 4.78 is 18.7. The minimum Gasteiger partial charge on any atom is -0.490 e. The van der Waals surface area contributed by atoms with Gasteiger partial charge in [0.2, 0.25) is 5.75 Å². The molecule has 1 amide bonds. The van der Waals surface area contributed by atoms with Gasteiger partial charge in [-0.2, -0.15) is 0 Å². The predicted molar refractivity (Wildman–Crippen MR) is 117 cm³/mol. The van der Waals surface area contributed by atoms with Crippen molar-refractivity contribution in [3.63, 3.8) is 0 Å². The molecule has 7 nitrogen and oxygen atoms in total. The van der Waals surface area contributed by atoms with Gasteiger partial charge in [0.25, 0.3) is 11.5 Å². The number of carbonyl (C=O) groups excluding carboxylic acids is 1. The van der Waals surface area contributed by atoms with E-state index in [9.17, 15) is 9.59 Å². The molecule has 0 aliphatic heterocycles. The van der Waals surface area contributed by atoms with Crippen molar-refractivity contribution in [1.82, 2.24) is 9.88 Å². The van der Waals surface area contributed by atoms with Gasteiger partial charge >= 0.3 is 0 Å². The number of benzene rings is 1. The van der Waals surface area contributed by atoms with Gasteiger partial charge in [0.05, 0.1) is 19.8 Å². The zero-order chi connectivity index (χ0) is 21.9. The molecule has 1 aromatic carbocycles. The number of nitrogens with zero attached hydrogens (tertiary/aromatic N) is 1. The Kier molecular flexibility index (Phi) is 9.25. The van der Waals surface area contributed by atoms with Crippen molar-refractivity contribution in [3.8, 4) is 17.2 Å². The van der Waals surface area contributed by atoms with Crippen LogP contribution in [0.3, 0.4) is 0 Å². The van der Waals surface area contributed by atoms with Crippen LogP contribution in [0.2, 0.25) is 0 Å². The summed E-state index contributed by atoms with van der Waals surface area (Å²) in [7, 11) is 0. The van der Waals surface area contributed by atoms with E-state index >= 15 is 0 Å². The van der Waals surface area contributed by atoms with Crippen LogP contribution in [0.15, 0.2) is 35.1 Å². The summed E-state index contributed by atoms with van der Waals surface area (Å²) in [5.74, 6) is 1.30. The number of amides is 1. The molecule has 0 fully saturated rings. The molecular weight excluding hydrogens is 384 g/mol. The Bertz CT molecular complexity index is 864. The second kappa shape index (κ2) is 11.9. The molecule has 0 atom stereocenters. The van der Waals surface area contributed by atoms with Crippen molar-refractivity contribution in [2.75, 3.05) is 26.4 Å². The van der Waals surface area contributed by atoms with Crippen LogP contribution in [-0.4, -0.2) is 36.8 Å². The Hall–Kier alpha value is -2.96. The lowest BCUT2D eigenvalue weighted by Gasteiger charge is -2.17. The number of unbranched alkanes of at least 4 members (excludes halogenated alkanes) is 1. The van der Waals surface area contributed by atoms with E-state index in [1.807, 2.05) is 33.8 Å². The summed E-state index contributed by atoms with van der Waals surface area (Å²) in [6.07, 6.45) is 1.56. The topological polar surface area (TPSA) is 78.8 Å². The van der Waals surface area contributed by atoms with Crippen LogP contribution in [0.5, 0.6) is 17.2 Å². The molecule has 0 aliphatic rings. The SMILES string of the molecule is CCOc1cc(C(=O)NCCCCn2c(C)cccc2=O)cc(OCC)c1OCC. The molecule has 164 valence electrons. The summed E-state index contributed by atoms with van der Waals surface area (Å²) >= 11 is 0. The van der Waals surface area contributed by atoms with Crippen LogP contribution in [0.25, 0.3) is 0 Å². The van der Waals surface area contributed by atoms with Gasteiger partial charge < -0.3 is 24.1 Å². The molecular formula is C23H32N2O5. The lowest BCUT2D eigenvalue weighted by Crippen LogP contribution is -2.26. The van der Waals surface area contributed by atoms with Gasteiger partial charge in [-0.1, -0.05) is 6.07 Å². The predicted octanol–water partition coefficient (Wildman–Crippen LogP) is 3.56. The van der Waals surface area contributed by atoms with E-state index in [4.69, 9.17) is 14.2 Å². The second-order valence-corrected chi connectivity index (χ2v) is 6.72. The number of rotatable bonds is 12. The van der Waals surface area contributed by atoms with Gasteiger partial charge in [0.1, 0.15) is 0 Å². The molecule has 0 saturated carbocycles. The second-order valence-electron chi connectivity index (χ2n) is 6.72. The molecule has 0 aliphatic carbocycles. The molecule has 1 N–H and O–H groups in total. The minimum atomic E-state index is -0.201. The van der Waals surface area contributed by atoms with Gasteiger partial charge in [0, 0.05) is 30.4 Å². The van der Waals surface area contributed by atoms with Crippen LogP contribution in [0, 0.1) is 6.92 Å². The Morgan fingerprint density at radius 2 is 1.60 bits per heavy atom. The Morgan fingerprint density at radius 3 is 2.17 bits per heavy atom. The van der Waals surface area contributed by atoms with Crippen LogP contribution >= 0.6 is 0 Å². The van der Waals surface area contributed by atoms with E-state index in [0.29, 0.717) is 55.7 Å². The van der Waals surface area contributed by atoms with Gasteiger partial charge in [-0.15, -0.1) is 0 Å². The van der Waals surface area contributed by atoms with Crippen LogP contribution < -0.4 is 25.1 Å². The quantitative estimate of drug-likeness (QED) is 0.535. The number of ether oxygens (including phenoxy) is 3. The van der Waals surface area contributed by atoms with E-state index in [0.717, 1.165) is 18.5 Å². The molecule has 1 aromatic heterocycles. The third-order valence-corrected chi connectivity index (χ3v) is 4.53. The number of hydrogen-bond acceptors (Lipinski definition) is 5. The maximum atomic E-state index is 12.6. The fourth-order valence-corrected chi connectivity index (χ4v) is 3.13. The first-order valence-corrected chi connectivity index (χ1v) is 10.5. The van der Waals surface area contributed by atoms with Crippen molar-refractivity contribution in [1.29, 1.82) is 0 Å². The molecule has 0 radical (unpaired) electrons. The molecule has 1 heterocycles. The zero-order valence-electron chi connectivity index (χ0n) is 18.3. The van der Waals surface area contributed by atoms with Crippen molar-refractivity contribution in [2.45, 2.75) is 47.1 Å². The van der Waals surface area contributed by atoms with Crippen molar-refractivity contribution in [2.24, 2.45) is 0 Å². The third kappa shape index (κ3) is 6.27. The van der Waals surface area contributed by atoms with Crippen LogP contribution in [0.1, 0.15) is 49.7 Å². The molecule has 2 rings (SSSR count). The molecule has 30 heavy (non-hydrogen) atoms. The number of pyridine rings is 1. The molecule has 0 unspecified atom stereocenters. The van der Waals surface area contributed by atoms with Crippen LogP contribution in [0.4, 0.5) is 0 Å². The number of nitrogens with one attached hydrogen (secondary N) is 1. The van der Waals surface area contributed by atoms with Gasteiger partial charge in [-0.25, -0.2) is 0 Å². The maximum Gasteiger partial charge on any atom is 0.251 e. The number of hydrogen-bond donors (Lipinski definition) is 1. The summed E-state index contributed by atoms with van der Waals surface area (Å²) in [5, 5.41) is 2.93. The van der Waals surface area contributed by atoms with Gasteiger partial charge in [-0.3, -0.25) is 9.59 Å². The van der Waals surface area contributed by atoms with E-state index in [-0.39, 0.29) is 11.5 Å². The molecule has 0 spiro atoms. The highest BCUT2D eigenvalue weighted by Gasteiger charge is 2.18. The normalized spacial score (nSPS) is 10.5. The monoisotopic (exact) mass is 416 g/mol. The standard InChI is InChI=1S/C23H32N2O5/c1-5-28-19-15-18(16-20(29-6-2)22(19)30-7-3)23(27)24-13-8-9-14-25-17(4)11-10-12-21(25)26/h10-12,15-16H,5-9,13-14H2,1-4H3,(H,24,27). The molecule has 2 aromatic rings. The summed E-state index contributed by atoms with van der Waals surface area (Å²) in [4.78, 5) is 24.6. The highest BCUT2D eigenvalue weighted by Crippen LogP contribution is 2.39. The number of carbonyl (C=O) groups is 1. The lowest BCUT2D eigenvalue weighted by molar-refractivity contribution is 0.0951. The van der Waals surface area contributed by atoms with E-state index in [2.05, 4.69) is 5.32 Å². The first kappa shape index (κ1) is 23.3. The Balaban J connectivity index is 1.99. The number of aromatic nitrogens is 1. The zero-order valence-corrected chi connectivity index (χ0v) is 18.3. The summed E-state index contributed by atoms with van der Waals surface area (Å²) in [6, 6.07) is 8.60. The summed E-state index contributed by atoms with van der Waals surface area (Å²) in [5.41, 5.74) is 1.40. The number of aryl methyl sites for hydroxylation is 1. The average molecular weight is 417 g/mol. The van der Waals surface area contributed by atoms with Gasteiger partial charge in [0.15, 0.2) is 11.5 Å². The lowest BCUT2D eigenvalue weighted by atomic mass is 10.1. The highest BCUT2D eigenvalue weighted by atomic mass is 16.5. The van der Waals surface area contributed by atoms with Gasteiger partial charge in [-0.05, 0) is 58.7 Å². The summed E-state index contributed by atoms with van der Waals surface area (Å²) in [6.45, 7) is 10.1. The fraction of sp³-hybridized carbons (Fsp3) is 0.478. The third-order valence-electron chi connectivity index (χ3n) is 4.53. The smallest absolute Gasteiger partial charge is 0.251 e.